The van der Waals surface area contributed by atoms with Crippen LogP contribution in [-0.2, 0) is 11.2 Å². The van der Waals surface area contributed by atoms with E-state index in [4.69, 9.17) is 0 Å². The molecule has 1 N–H and O–H groups in total. The quantitative estimate of drug-likeness (QED) is 0.922. The van der Waals surface area contributed by atoms with Crippen molar-refractivity contribution in [1.82, 2.24) is 20.1 Å². The monoisotopic (exact) mass is 316 g/mol. The van der Waals surface area contributed by atoms with Gasteiger partial charge in [0.2, 0.25) is 5.91 Å². The zero-order valence-electron chi connectivity index (χ0n) is 13.2. The molecule has 1 amide bonds. The Kier molecular flexibility index (Phi) is 4.69. The maximum atomic E-state index is 13.2. The van der Waals surface area contributed by atoms with Gasteiger partial charge in [-0.05, 0) is 42.9 Å². The highest BCUT2D eigenvalue weighted by molar-refractivity contribution is 5.77. The fraction of sp³-hybridized carbons (Fsp3) is 0.471. The second-order valence-electron chi connectivity index (χ2n) is 6.26. The summed E-state index contributed by atoms with van der Waals surface area (Å²) in [4.78, 5) is 18.7. The van der Waals surface area contributed by atoms with Crippen molar-refractivity contribution in [2.24, 2.45) is 5.92 Å². The van der Waals surface area contributed by atoms with E-state index in [0.29, 0.717) is 12.8 Å². The van der Waals surface area contributed by atoms with E-state index in [-0.39, 0.29) is 23.7 Å². The molecule has 122 valence electrons. The van der Waals surface area contributed by atoms with E-state index >= 15 is 0 Å². The van der Waals surface area contributed by atoms with Crippen molar-refractivity contribution in [1.29, 1.82) is 0 Å². The van der Waals surface area contributed by atoms with Crippen molar-refractivity contribution in [2.45, 2.75) is 38.6 Å². The molecule has 1 unspecified atom stereocenters. The smallest absolute Gasteiger partial charge is 0.223 e. The standard InChI is InChI=1S/C17H21FN4O/c1-12(8-13-4-2-5-14(18)10-13)9-16(23)22-7-3-6-15(22)17-19-11-20-21-17/h2,4-5,10-12,15H,3,6-9H2,1H3,(H,19,20,21)/t12?,15-/m0/s1. The molecule has 1 aliphatic rings. The van der Waals surface area contributed by atoms with E-state index in [1.54, 1.807) is 6.07 Å². The topological polar surface area (TPSA) is 61.9 Å². The Bertz CT molecular complexity index is 658. The van der Waals surface area contributed by atoms with Crippen molar-refractivity contribution in [3.05, 3.63) is 47.8 Å². The number of aromatic amines is 1. The van der Waals surface area contributed by atoms with Crippen molar-refractivity contribution in [2.75, 3.05) is 6.54 Å². The molecule has 1 aliphatic heterocycles. The molecule has 0 radical (unpaired) electrons. The molecule has 1 aromatic heterocycles. The minimum absolute atomic E-state index is 0.00590. The Morgan fingerprint density at radius 2 is 2.39 bits per heavy atom. The Morgan fingerprint density at radius 3 is 3.13 bits per heavy atom. The van der Waals surface area contributed by atoms with Crippen LogP contribution in [0.2, 0.25) is 0 Å². The average molecular weight is 316 g/mol. The Morgan fingerprint density at radius 1 is 1.52 bits per heavy atom. The van der Waals surface area contributed by atoms with Crippen LogP contribution < -0.4 is 0 Å². The number of hydrogen-bond acceptors (Lipinski definition) is 3. The van der Waals surface area contributed by atoms with Gasteiger partial charge in [0.15, 0.2) is 0 Å². The average Bonchev–Trinajstić information content (AvgIpc) is 3.18. The summed E-state index contributed by atoms with van der Waals surface area (Å²) in [6.07, 6.45) is 4.53. The van der Waals surface area contributed by atoms with Crippen molar-refractivity contribution in [3.8, 4) is 0 Å². The van der Waals surface area contributed by atoms with E-state index in [2.05, 4.69) is 15.2 Å². The molecule has 2 heterocycles. The van der Waals surface area contributed by atoms with Crippen LogP contribution in [0.4, 0.5) is 4.39 Å². The number of nitrogens with zero attached hydrogens (tertiary/aromatic N) is 3. The molecule has 1 saturated heterocycles. The second kappa shape index (κ2) is 6.89. The van der Waals surface area contributed by atoms with Crippen LogP contribution in [0.25, 0.3) is 0 Å². The van der Waals surface area contributed by atoms with Crippen LogP contribution in [-0.4, -0.2) is 32.5 Å². The summed E-state index contributed by atoms with van der Waals surface area (Å²) in [7, 11) is 0. The normalized spacial score (nSPS) is 19.0. The molecule has 23 heavy (non-hydrogen) atoms. The molecular weight excluding hydrogens is 295 g/mol. The van der Waals surface area contributed by atoms with Crippen LogP contribution in [0.5, 0.6) is 0 Å². The predicted octanol–water partition coefficient (Wildman–Crippen LogP) is 2.88. The number of H-pyrrole nitrogens is 1. The lowest BCUT2D eigenvalue weighted by atomic mass is 9.97. The largest absolute Gasteiger partial charge is 0.332 e. The van der Waals surface area contributed by atoms with Gasteiger partial charge in [0.1, 0.15) is 18.0 Å². The molecule has 0 spiro atoms. The van der Waals surface area contributed by atoms with Gasteiger partial charge in [-0.2, -0.15) is 5.10 Å². The number of nitrogens with one attached hydrogen (secondary N) is 1. The van der Waals surface area contributed by atoms with Crippen LogP contribution in [0, 0.1) is 11.7 Å². The SMILES string of the molecule is CC(CC(=O)N1CCC[C@H]1c1ncn[nH]1)Cc1cccc(F)c1. The van der Waals surface area contributed by atoms with Gasteiger partial charge in [-0.3, -0.25) is 9.89 Å². The third-order valence-electron chi connectivity index (χ3n) is 4.32. The van der Waals surface area contributed by atoms with Gasteiger partial charge < -0.3 is 4.90 Å². The number of amides is 1. The third-order valence-corrected chi connectivity index (χ3v) is 4.32. The third kappa shape index (κ3) is 3.75. The maximum Gasteiger partial charge on any atom is 0.223 e. The second-order valence-corrected chi connectivity index (χ2v) is 6.26. The summed E-state index contributed by atoms with van der Waals surface area (Å²) in [6, 6.07) is 6.59. The number of rotatable bonds is 5. The van der Waals surface area contributed by atoms with Gasteiger partial charge in [-0.25, -0.2) is 9.37 Å². The fourth-order valence-corrected chi connectivity index (χ4v) is 3.28. The zero-order valence-corrected chi connectivity index (χ0v) is 13.2. The van der Waals surface area contributed by atoms with Crippen LogP contribution in [0.15, 0.2) is 30.6 Å². The molecule has 0 saturated carbocycles. The highest BCUT2D eigenvalue weighted by Crippen LogP contribution is 2.30. The van der Waals surface area contributed by atoms with Gasteiger partial charge in [0.05, 0.1) is 6.04 Å². The number of carbonyl (C=O) groups is 1. The van der Waals surface area contributed by atoms with Gasteiger partial charge in [0.25, 0.3) is 0 Å². The lowest BCUT2D eigenvalue weighted by Gasteiger charge is -2.24. The molecule has 5 nitrogen and oxygen atoms in total. The maximum absolute atomic E-state index is 13.2. The van der Waals surface area contributed by atoms with E-state index in [1.165, 1.54) is 18.5 Å². The Labute approximate surface area is 134 Å². The molecule has 3 rings (SSSR count). The Balaban J connectivity index is 1.59. The molecule has 0 bridgehead atoms. The summed E-state index contributed by atoms with van der Waals surface area (Å²) in [6.45, 7) is 2.79. The van der Waals surface area contributed by atoms with Crippen LogP contribution in [0.1, 0.15) is 43.6 Å². The highest BCUT2D eigenvalue weighted by Gasteiger charge is 2.32. The molecule has 1 aromatic carbocycles. The summed E-state index contributed by atoms with van der Waals surface area (Å²) in [5.41, 5.74) is 0.929. The number of aromatic nitrogens is 3. The van der Waals surface area contributed by atoms with E-state index < -0.39 is 0 Å². The minimum atomic E-state index is -0.231. The number of hydrogen-bond donors (Lipinski definition) is 1. The number of halogens is 1. The van der Waals surface area contributed by atoms with Crippen molar-refractivity contribution >= 4 is 5.91 Å². The van der Waals surface area contributed by atoms with Gasteiger partial charge in [-0.15, -0.1) is 0 Å². The summed E-state index contributed by atoms with van der Waals surface area (Å²) in [5.74, 6) is 0.827. The molecular formula is C17H21FN4O. The lowest BCUT2D eigenvalue weighted by molar-refractivity contribution is -0.133. The molecule has 6 heteroatoms. The summed E-state index contributed by atoms with van der Waals surface area (Å²) in [5, 5.41) is 6.74. The first-order chi connectivity index (χ1) is 11.1. The van der Waals surface area contributed by atoms with Gasteiger partial charge >= 0.3 is 0 Å². The highest BCUT2D eigenvalue weighted by atomic mass is 19.1. The first-order valence-electron chi connectivity index (χ1n) is 8.02. The molecule has 2 aromatic rings. The molecule has 1 fully saturated rings. The first kappa shape index (κ1) is 15.6. The minimum Gasteiger partial charge on any atom is -0.332 e. The number of likely N-dealkylation sites (tertiary alicyclic amines) is 1. The van der Waals surface area contributed by atoms with Gasteiger partial charge in [0, 0.05) is 13.0 Å². The first-order valence-corrected chi connectivity index (χ1v) is 8.02. The summed E-state index contributed by atoms with van der Waals surface area (Å²) < 4.78 is 13.2. The van der Waals surface area contributed by atoms with E-state index in [9.17, 15) is 9.18 Å². The van der Waals surface area contributed by atoms with E-state index in [1.807, 2.05) is 17.9 Å². The summed E-state index contributed by atoms with van der Waals surface area (Å²) >= 11 is 0. The van der Waals surface area contributed by atoms with Crippen LogP contribution in [0.3, 0.4) is 0 Å². The molecule has 0 aliphatic carbocycles. The van der Waals surface area contributed by atoms with Gasteiger partial charge in [-0.1, -0.05) is 19.1 Å². The van der Waals surface area contributed by atoms with Crippen molar-refractivity contribution < 1.29 is 9.18 Å². The molecule has 2 atom stereocenters. The Hall–Kier alpha value is -2.24. The lowest BCUT2D eigenvalue weighted by Crippen LogP contribution is -2.32. The fourth-order valence-electron chi connectivity index (χ4n) is 3.28. The van der Waals surface area contributed by atoms with E-state index in [0.717, 1.165) is 30.8 Å². The predicted molar refractivity (Wildman–Crippen MR) is 84.0 cm³/mol. The number of benzene rings is 1. The van der Waals surface area contributed by atoms with Crippen LogP contribution >= 0.6 is 0 Å². The zero-order chi connectivity index (χ0) is 16.2. The van der Waals surface area contributed by atoms with Crippen molar-refractivity contribution in [3.63, 3.8) is 0 Å². The number of carbonyl (C=O) groups excluding carboxylic acids is 1.